The molecule has 0 atom stereocenters. The molecule has 1 heterocycles. The number of halogens is 1. The number of hydrogen-bond donors (Lipinski definition) is 2. The predicted octanol–water partition coefficient (Wildman–Crippen LogP) is 3.21. The van der Waals surface area contributed by atoms with E-state index in [1.807, 2.05) is 51.1 Å². The summed E-state index contributed by atoms with van der Waals surface area (Å²) in [5.41, 5.74) is 3.96. The number of rotatable bonds is 9. The van der Waals surface area contributed by atoms with Gasteiger partial charge in [0.05, 0.1) is 35.9 Å². The molecule has 0 saturated heterocycles. The van der Waals surface area contributed by atoms with Gasteiger partial charge >= 0.3 is 0 Å². The van der Waals surface area contributed by atoms with Gasteiger partial charge in [0.25, 0.3) is 0 Å². The lowest BCUT2D eigenvalue weighted by atomic mass is 10.2. The highest BCUT2D eigenvalue weighted by molar-refractivity contribution is 5.93. The minimum absolute atomic E-state index is 0.0792. The third-order valence-corrected chi connectivity index (χ3v) is 5.14. The van der Waals surface area contributed by atoms with Crippen LogP contribution in [0.25, 0.3) is 5.69 Å². The summed E-state index contributed by atoms with van der Waals surface area (Å²) in [6.07, 6.45) is 0. The van der Waals surface area contributed by atoms with Crippen molar-refractivity contribution in [2.75, 3.05) is 25.0 Å². The van der Waals surface area contributed by atoms with Crippen LogP contribution in [0.4, 0.5) is 10.1 Å². The van der Waals surface area contributed by atoms with Crippen LogP contribution >= 0.6 is 0 Å². The molecule has 0 spiro atoms. The number of nitrogens with zero attached hydrogens (tertiary/aromatic N) is 3. The van der Waals surface area contributed by atoms with E-state index < -0.39 is 0 Å². The fourth-order valence-electron chi connectivity index (χ4n) is 3.37. The van der Waals surface area contributed by atoms with Crippen LogP contribution < -0.4 is 10.6 Å². The molecule has 2 aromatic carbocycles. The normalized spacial score (nSPS) is 10.9. The Kier molecular flexibility index (Phi) is 7.72. The first kappa shape index (κ1) is 23.1. The van der Waals surface area contributed by atoms with Gasteiger partial charge in [0.1, 0.15) is 5.82 Å². The molecule has 3 aromatic rings. The summed E-state index contributed by atoms with van der Waals surface area (Å²) in [5.74, 6) is -0.728. The first-order valence-corrected chi connectivity index (χ1v) is 10.5. The summed E-state index contributed by atoms with van der Waals surface area (Å²) in [6, 6.07) is 15.7. The minimum Gasteiger partial charge on any atom is -0.351 e. The number of amides is 2. The lowest BCUT2D eigenvalue weighted by Crippen LogP contribution is -2.40. The summed E-state index contributed by atoms with van der Waals surface area (Å²) in [7, 11) is 0. The second-order valence-electron chi connectivity index (χ2n) is 7.55. The standard InChI is InChI=1S/C24H28FN5O2/c1-4-29(15-22(31)26-14-19-10-12-20(25)13-11-19)16-23(32)27-24-17(2)28-30(18(24)3)21-8-6-5-7-9-21/h5-13H,4,14-16H2,1-3H3,(H,26,31)(H,27,32). The second-order valence-corrected chi connectivity index (χ2v) is 7.55. The molecule has 0 aliphatic rings. The zero-order valence-corrected chi connectivity index (χ0v) is 18.6. The molecule has 1 aromatic heterocycles. The summed E-state index contributed by atoms with van der Waals surface area (Å²) in [5, 5.41) is 10.3. The minimum atomic E-state index is -0.317. The van der Waals surface area contributed by atoms with Crippen LogP contribution in [0.2, 0.25) is 0 Å². The molecule has 0 unspecified atom stereocenters. The van der Waals surface area contributed by atoms with Crippen molar-refractivity contribution in [1.82, 2.24) is 20.0 Å². The van der Waals surface area contributed by atoms with Crippen LogP contribution in [0.3, 0.4) is 0 Å². The Labute approximate surface area is 187 Å². The van der Waals surface area contributed by atoms with Crippen molar-refractivity contribution in [3.8, 4) is 5.69 Å². The zero-order chi connectivity index (χ0) is 23.1. The number of benzene rings is 2. The highest BCUT2D eigenvalue weighted by atomic mass is 19.1. The van der Waals surface area contributed by atoms with E-state index in [2.05, 4.69) is 15.7 Å². The van der Waals surface area contributed by atoms with Crippen LogP contribution in [0.5, 0.6) is 0 Å². The average Bonchev–Trinajstić information content (AvgIpc) is 3.07. The van der Waals surface area contributed by atoms with Crippen molar-refractivity contribution in [3.05, 3.63) is 77.4 Å². The van der Waals surface area contributed by atoms with Gasteiger partial charge in [-0.25, -0.2) is 9.07 Å². The predicted molar refractivity (Wildman–Crippen MR) is 122 cm³/mol. The maximum absolute atomic E-state index is 13.0. The van der Waals surface area contributed by atoms with E-state index in [9.17, 15) is 14.0 Å². The van der Waals surface area contributed by atoms with E-state index >= 15 is 0 Å². The van der Waals surface area contributed by atoms with E-state index in [0.29, 0.717) is 18.8 Å². The first-order valence-electron chi connectivity index (χ1n) is 10.5. The van der Waals surface area contributed by atoms with Gasteiger partial charge in [-0.2, -0.15) is 5.10 Å². The van der Waals surface area contributed by atoms with Crippen LogP contribution in [0.15, 0.2) is 54.6 Å². The van der Waals surface area contributed by atoms with E-state index in [1.165, 1.54) is 12.1 Å². The van der Waals surface area contributed by atoms with E-state index in [-0.39, 0.29) is 30.7 Å². The highest BCUT2D eigenvalue weighted by Gasteiger charge is 2.18. The van der Waals surface area contributed by atoms with Gasteiger partial charge in [-0.1, -0.05) is 37.3 Å². The number of anilines is 1. The third-order valence-electron chi connectivity index (χ3n) is 5.14. The number of aryl methyl sites for hydroxylation is 1. The topological polar surface area (TPSA) is 79.3 Å². The summed E-state index contributed by atoms with van der Waals surface area (Å²) in [6.45, 7) is 6.66. The van der Waals surface area contributed by atoms with Gasteiger partial charge in [-0.3, -0.25) is 14.5 Å². The first-order chi connectivity index (χ1) is 15.4. The Morgan fingerprint density at radius 3 is 2.31 bits per heavy atom. The number of para-hydroxylation sites is 1. The molecular weight excluding hydrogens is 409 g/mol. The van der Waals surface area contributed by atoms with Crippen LogP contribution in [-0.4, -0.2) is 46.1 Å². The van der Waals surface area contributed by atoms with Crippen molar-refractivity contribution < 1.29 is 14.0 Å². The lowest BCUT2D eigenvalue weighted by Gasteiger charge is -2.19. The van der Waals surface area contributed by atoms with Gasteiger partial charge in [-0.15, -0.1) is 0 Å². The van der Waals surface area contributed by atoms with Gasteiger partial charge in [0.15, 0.2) is 0 Å². The molecule has 7 nitrogen and oxygen atoms in total. The Bertz CT molecular complexity index is 1060. The van der Waals surface area contributed by atoms with Gasteiger partial charge in [0.2, 0.25) is 11.8 Å². The van der Waals surface area contributed by atoms with Crippen molar-refractivity contribution in [2.24, 2.45) is 0 Å². The summed E-state index contributed by atoms with van der Waals surface area (Å²) >= 11 is 0. The molecular formula is C24H28FN5O2. The fraction of sp³-hybridized carbons (Fsp3) is 0.292. The lowest BCUT2D eigenvalue weighted by molar-refractivity contribution is -0.123. The molecule has 2 N–H and O–H groups in total. The number of likely N-dealkylation sites (N-methyl/N-ethyl adjacent to an activating group) is 1. The highest BCUT2D eigenvalue weighted by Crippen LogP contribution is 2.22. The summed E-state index contributed by atoms with van der Waals surface area (Å²) in [4.78, 5) is 26.7. The van der Waals surface area contributed by atoms with E-state index in [1.54, 1.807) is 21.7 Å². The van der Waals surface area contributed by atoms with Crippen molar-refractivity contribution >= 4 is 17.5 Å². The largest absolute Gasteiger partial charge is 0.351 e. The van der Waals surface area contributed by atoms with Gasteiger partial charge in [0, 0.05) is 6.54 Å². The van der Waals surface area contributed by atoms with Crippen LogP contribution in [0, 0.1) is 19.7 Å². The molecule has 0 fully saturated rings. The second kappa shape index (κ2) is 10.7. The molecule has 0 aliphatic carbocycles. The Hall–Kier alpha value is -3.52. The zero-order valence-electron chi connectivity index (χ0n) is 18.6. The SMILES string of the molecule is CCN(CC(=O)NCc1ccc(F)cc1)CC(=O)Nc1c(C)nn(-c2ccccc2)c1C. The molecule has 168 valence electrons. The van der Waals surface area contributed by atoms with Gasteiger partial charge < -0.3 is 10.6 Å². The van der Waals surface area contributed by atoms with Crippen LogP contribution in [-0.2, 0) is 16.1 Å². The molecule has 2 amide bonds. The molecule has 3 rings (SSSR count). The summed E-state index contributed by atoms with van der Waals surface area (Å²) < 4.78 is 14.8. The number of nitrogens with one attached hydrogen (secondary N) is 2. The van der Waals surface area contributed by atoms with E-state index in [0.717, 1.165) is 22.6 Å². The smallest absolute Gasteiger partial charge is 0.238 e. The fourth-order valence-corrected chi connectivity index (χ4v) is 3.37. The molecule has 32 heavy (non-hydrogen) atoms. The third kappa shape index (κ3) is 6.01. The van der Waals surface area contributed by atoms with Gasteiger partial charge in [-0.05, 0) is 50.2 Å². The maximum Gasteiger partial charge on any atom is 0.238 e. The Morgan fingerprint density at radius 2 is 1.66 bits per heavy atom. The molecule has 0 saturated carbocycles. The Balaban J connectivity index is 1.55. The molecule has 0 aliphatic heterocycles. The monoisotopic (exact) mass is 437 g/mol. The van der Waals surface area contributed by atoms with Crippen LogP contribution in [0.1, 0.15) is 23.9 Å². The van der Waals surface area contributed by atoms with E-state index in [4.69, 9.17) is 0 Å². The number of carbonyl (C=O) groups excluding carboxylic acids is 2. The number of carbonyl (C=O) groups is 2. The molecule has 8 heteroatoms. The van der Waals surface area contributed by atoms with Crippen molar-refractivity contribution in [1.29, 1.82) is 0 Å². The van der Waals surface area contributed by atoms with Crippen molar-refractivity contribution in [3.63, 3.8) is 0 Å². The van der Waals surface area contributed by atoms with Crippen molar-refractivity contribution in [2.45, 2.75) is 27.3 Å². The number of hydrogen-bond acceptors (Lipinski definition) is 4. The maximum atomic E-state index is 13.0. The molecule has 0 radical (unpaired) electrons. The number of aromatic nitrogens is 2. The Morgan fingerprint density at radius 1 is 1.00 bits per heavy atom. The quantitative estimate of drug-likeness (QED) is 0.539. The molecule has 0 bridgehead atoms. The average molecular weight is 438 g/mol.